The number of aromatic nitrogens is 1. The molecule has 1 N–H and O–H groups in total. The summed E-state index contributed by atoms with van der Waals surface area (Å²) in [5.74, 6) is 0. The van der Waals surface area contributed by atoms with Crippen molar-refractivity contribution in [2.75, 3.05) is 5.32 Å². The molecule has 0 atom stereocenters. The van der Waals surface area contributed by atoms with Crippen molar-refractivity contribution in [3.05, 3.63) is 22.5 Å². The van der Waals surface area contributed by atoms with Gasteiger partial charge in [0.05, 0.1) is 5.69 Å². The van der Waals surface area contributed by atoms with Gasteiger partial charge in [-0.2, -0.15) is 0 Å². The van der Waals surface area contributed by atoms with E-state index in [1.54, 1.807) is 20.8 Å². The van der Waals surface area contributed by atoms with Crippen LogP contribution in [0.2, 0.25) is 5.15 Å². The molecule has 0 radical (unpaired) electrons. The molecule has 1 aromatic rings. The summed E-state index contributed by atoms with van der Waals surface area (Å²) in [6.45, 7) is 9.10. The monoisotopic (exact) mass is 256 g/mol. The minimum atomic E-state index is -0.539. The zero-order valence-corrected chi connectivity index (χ0v) is 11.5. The van der Waals surface area contributed by atoms with Gasteiger partial charge >= 0.3 is 6.09 Å². The van der Waals surface area contributed by atoms with E-state index in [1.165, 1.54) is 0 Å². The maximum Gasteiger partial charge on any atom is 0.412 e. The van der Waals surface area contributed by atoms with Crippen molar-refractivity contribution < 1.29 is 9.53 Å². The number of amides is 1. The van der Waals surface area contributed by atoms with E-state index in [0.717, 1.165) is 11.3 Å². The van der Waals surface area contributed by atoms with Crippen LogP contribution in [-0.2, 0) is 4.74 Å². The lowest BCUT2D eigenvalue weighted by atomic mass is 10.2. The van der Waals surface area contributed by atoms with Gasteiger partial charge in [0.15, 0.2) is 5.15 Å². The van der Waals surface area contributed by atoms with E-state index in [1.807, 2.05) is 19.9 Å². The van der Waals surface area contributed by atoms with E-state index in [0.29, 0.717) is 5.69 Å². The number of hydrogen-bond acceptors (Lipinski definition) is 3. The van der Waals surface area contributed by atoms with Crippen LogP contribution in [0.4, 0.5) is 10.5 Å². The summed E-state index contributed by atoms with van der Waals surface area (Å²) < 4.78 is 5.15. The summed E-state index contributed by atoms with van der Waals surface area (Å²) in [5.41, 5.74) is 1.62. The number of aryl methyl sites for hydroxylation is 2. The molecule has 1 amide bonds. The highest BCUT2D eigenvalue weighted by Gasteiger charge is 2.18. The molecule has 1 rings (SSSR count). The molecule has 0 fully saturated rings. The molecule has 0 spiro atoms. The second kappa shape index (κ2) is 4.92. The normalized spacial score (nSPS) is 11.2. The highest BCUT2D eigenvalue weighted by Crippen LogP contribution is 2.25. The number of hydrogen-bond donors (Lipinski definition) is 1. The van der Waals surface area contributed by atoms with Crippen LogP contribution in [0.3, 0.4) is 0 Å². The Labute approximate surface area is 106 Å². The van der Waals surface area contributed by atoms with Crippen LogP contribution in [-0.4, -0.2) is 16.7 Å². The Hall–Kier alpha value is -1.29. The topological polar surface area (TPSA) is 51.2 Å². The molecule has 0 aliphatic carbocycles. The van der Waals surface area contributed by atoms with Crippen molar-refractivity contribution in [2.45, 2.75) is 40.2 Å². The second-order valence-corrected chi connectivity index (χ2v) is 5.23. The van der Waals surface area contributed by atoms with E-state index in [2.05, 4.69) is 10.3 Å². The first-order chi connectivity index (χ1) is 7.69. The van der Waals surface area contributed by atoms with Crippen LogP contribution in [0.15, 0.2) is 6.07 Å². The fourth-order valence-corrected chi connectivity index (χ4v) is 1.68. The molecule has 0 aliphatic heterocycles. The zero-order chi connectivity index (χ0) is 13.2. The van der Waals surface area contributed by atoms with Crippen molar-refractivity contribution in [3.63, 3.8) is 0 Å². The van der Waals surface area contributed by atoms with E-state index in [9.17, 15) is 4.79 Å². The number of carbonyl (C=O) groups is 1. The molecule has 0 unspecified atom stereocenters. The predicted octanol–water partition coefficient (Wildman–Crippen LogP) is 3.70. The Morgan fingerprint density at radius 2 is 2.00 bits per heavy atom. The molecule has 94 valence electrons. The van der Waals surface area contributed by atoms with Crippen molar-refractivity contribution in [3.8, 4) is 0 Å². The summed E-state index contributed by atoms with van der Waals surface area (Å²) in [6.07, 6.45) is -0.534. The van der Waals surface area contributed by atoms with Crippen LogP contribution >= 0.6 is 11.6 Å². The molecule has 1 heterocycles. The Kier molecular flexibility index (Phi) is 3.98. The van der Waals surface area contributed by atoms with Gasteiger partial charge in [0.1, 0.15) is 5.60 Å². The number of carbonyl (C=O) groups excluding carboxylic acids is 1. The molecule has 0 aliphatic rings. The first-order valence-corrected chi connectivity index (χ1v) is 5.70. The standard InChI is InChI=1S/C12H17ClN2O2/c1-7-6-8(2)14-10(13)9(7)15-11(16)17-12(3,4)5/h6H,1-5H3,(H,15,16). The van der Waals surface area contributed by atoms with Gasteiger partial charge in [0.25, 0.3) is 0 Å². The molecule has 0 bridgehead atoms. The van der Waals surface area contributed by atoms with Gasteiger partial charge in [-0.05, 0) is 46.2 Å². The summed E-state index contributed by atoms with van der Waals surface area (Å²) in [5, 5.41) is 2.88. The lowest BCUT2D eigenvalue weighted by molar-refractivity contribution is 0.0635. The predicted molar refractivity (Wildman–Crippen MR) is 68.6 cm³/mol. The van der Waals surface area contributed by atoms with Crippen molar-refractivity contribution in [1.82, 2.24) is 4.98 Å². The minimum absolute atomic E-state index is 0.272. The second-order valence-electron chi connectivity index (χ2n) is 4.87. The number of ether oxygens (including phenoxy) is 1. The minimum Gasteiger partial charge on any atom is -0.444 e. The average Bonchev–Trinajstić information content (AvgIpc) is 2.08. The van der Waals surface area contributed by atoms with Crippen LogP contribution < -0.4 is 5.32 Å². The molecular formula is C12H17ClN2O2. The van der Waals surface area contributed by atoms with Crippen LogP contribution in [0, 0.1) is 13.8 Å². The summed E-state index contributed by atoms with van der Waals surface area (Å²) in [6, 6.07) is 1.85. The van der Waals surface area contributed by atoms with E-state index in [-0.39, 0.29) is 5.15 Å². The van der Waals surface area contributed by atoms with Crippen LogP contribution in [0.5, 0.6) is 0 Å². The summed E-state index contributed by atoms with van der Waals surface area (Å²) in [4.78, 5) is 15.7. The van der Waals surface area contributed by atoms with Gasteiger partial charge in [-0.15, -0.1) is 0 Å². The Bertz CT molecular complexity index is 416. The fraction of sp³-hybridized carbons (Fsp3) is 0.500. The number of halogens is 1. The maximum absolute atomic E-state index is 11.6. The molecule has 4 nitrogen and oxygen atoms in total. The van der Waals surface area contributed by atoms with Gasteiger partial charge in [-0.1, -0.05) is 11.6 Å². The Morgan fingerprint density at radius 3 is 2.47 bits per heavy atom. The van der Waals surface area contributed by atoms with Gasteiger partial charge in [-0.3, -0.25) is 5.32 Å². The average molecular weight is 257 g/mol. The Morgan fingerprint density at radius 1 is 1.41 bits per heavy atom. The highest BCUT2D eigenvalue weighted by atomic mass is 35.5. The van der Waals surface area contributed by atoms with Crippen LogP contribution in [0.1, 0.15) is 32.0 Å². The van der Waals surface area contributed by atoms with Gasteiger partial charge in [0, 0.05) is 5.69 Å². The van der Waals surface area contributed by atoms with Crippen molar-refractivity contribution in [1.29, 1.82) is 0 Å². The summed E-state index contributed by atoms with van der Waals surface area (Å²) in [7, 11) is 0. The van der Waals surface area contributed by atoms with Crippen molar-refractivity contribution >= 4 is 23.4 Å². The lowest BCUT2D eigenvalue weighted by Gasteiger charge is -2.20. The Balaban J connectivity index is 2.86. The number of pyridine rings is 1. The lowest BCUT2D eigenvalue weighted by Crippen LogP contribution is -2.27. The van der Waals surface area contributed by atoms with Gasteiger partial charge in [-0.25, -0.2) is 9.78 Å². The van der Waals surface area contributed by atoms with Crippen LogP contribution in [0.25, 0.3) is 0 Å². The zero-order valence-electron chi connectivity index (χ0n) is 10.7. The van der Waals surface area contributed by atoms with Gasteiger partial charge < -0.3 is 4.74 Å². The molecule has 0 aromatic carbocycles. The van der Waals surface area contributed by atoms with E-state index >= 15 is 0 Å². The number of nitrogens with one attached hydrogen (secondary N) is 1. The number of anilines is 1. The third-order valence-electron chi connectivity index (χ3n) is 1.93. The van der Waals surface area contributed by atoms with E-state index < -0.39 is 11.7 Å². The molecular weight excluding hydrogens is 240 g/mol. The highest BCUT2D eigenvalue weighted by molar-refractivity contribution is 6.32. The third-order valence-corrected chi connectivity index (χ3v) is 2.20. The van der Waals surface area contributed by atoms with Crippen molar-refractivity contribution in [2.24, 2.45) is 0 Å². The number of nitrogens with zero attached hydrogens (tertiary/aromatic N) is 1. The largest absolute Gasteiger partial charge is 0.444 e. The quantitative estimate of drug-likeness (QED) is 0.780. The molecule has 0 saturated carbocycles. The summed E-state index contributed by atoms with van der Waals surface area (Å²) >= 11 is 5.97. The third kappa shape index (κ3) is 4.23. The number of rotatable bonds is 1. The first-order valence-electron chi connectivity index (χ1n) is 5.33. The molecule has 0 saturated heterocycles. The molecule has 1 aromatic heterocycles. The van der Waals surface area contributed by atoms with Gasteiger partial charge in [0.2, 0.25) is 0 Å². The maximum atomic E-state index is 11.6. The molecule has 17 heavy (non-hydrogen) atoms. The molecule has 5 heteroatoms. The first kappa shape index (κ1) is 13.8. The van der Waals surface area contributed by atoms with E-state index in [4.69, 9.17) is 16.3 Å². The smallest absolute Gasteiger partial charge is 0.412 e. The fourth-order valence-electron chi connectivity index (χ4n) is 1.35. The SMILES string of the molecule is Cc1cc(C)c(NC(=O)OC(C)(C)C)c(Cl)n1.